The molecule has 0 saturated heterocycles. The highest BCUT2D eigenvalue weighted by Gasteiger charge is 2.14. The van der Waals surface area contributed by atoms with Crippen molar-refractivity contribution in [3.05, 3.63) is 94.8 Å². The van der Waals surface area contributed by atoms with Gasteiger partial charge < -0.3 is 19.2 Å². The molecule has 0 fully saturated rings. The van der Waals surface area contributed by atoms with Crippen LogP contribution in [-0.2, 0) is 10.2 Å². The van der Waals surface area contributed by atoms with Crippen LogP contribution in [0.2, 0.25) is 0 Å². The summed E-state index contributed by atoms with van der Waals surface area (Å²) in [6.07, 6.45) is 1.29. The number of hydrogen-bond donors (Lipinski definition) is 1. The Balaban J connectivity index is 1.45. The molecule has 0 saturated carbocycles. The first-order valence-corrected chi connectivity index (χ1v) is 10.6. The molecule has 0 aliphatic carbocycles. The Morgan fingerprint density at radius 2 is 1.64 bits per heavy atom. The van der Waals surface area contributed by atoms with Crippen molar-refractivity contribution in [3.63, 3.8) is 0 Å². The summed E-state index contributed by atoms with van der Waals surface area (Å²) in [6.45, 7) is 6.23. The maximum Gasteiger partial charge on any atom is 0.262 e. The third-order valence-corrected chi connectivity index (χ3v) is 5.09. The van der Waals surface area contributed by atoms with Gasteiger partial charge in [0.2, 0.25) is 11.2 Å². The number of benzene rings is 3. The molecule has 1 N–H and O–H groups in total. The summed E-state index contributed by atoms with van der Waals surface area (Å²) >= 11 is 0. The molecule has 1 aromatic heterocycles. The van der Waals surface area contributed by atoms with Gasteiger partial charge in [0.1, 0.15) is 23.3 Å². The van der Waals surface area contributed by atoms with Crippen LogP contribution in [0.1, 0.15) is 26.3 Å². The molecular formula is C27H25NO5. The molecule has 0 aliphatic heterocycles. The molecule has 0 unspecified atom stereocenters. The highest BCUT2D eigenvalue weighted by Crippen LogP contribution is 2.27. The van der Waals surface area contributed by atoms with Gasteiger partial charge in [0, 0.05) is 11.8 Å². The molecule has 0 spiro atoms. The van der Waals surface area contributed by atoms with Crippen molar-refractivity contribution in [1.29, 1.82) is 0 Å². The molecule has 6 nitrogen and oxygen atoms in total. The molecule has 3 aromatic carbocycles. The second-order valence-corrected chi connectivity index (χ2v) is 8.67. The van der Waals surface area contributed by atoms with Crippen LogP contribution in [0.3, 0.4) is 0 Å². The van der Waals surface area contributed by atoms with Crippen LogP contribution in [0.5, 0.6) is 17.2 Å². The van der Waals surface area contributed by atoms with Gasteiger partial charge >= 0.3 is 0 Å². The summed E-state index contributed by atoms with van der Waals surface area (Å²) in [6, 6.07) is 21.6. The Kier molecular flexibility index (Phi) is 6.18. The van der Waals surface area contributed by atoms with Crippen LogP contribution in [0.15, 0.2) is 88.3 Å². The topological polar surface area (TPSA) is 77.8 Å². The highest BCUT2D eigenvalue weighted by molar-refractivity contribution is 5.91. The number of rotatable bonds is 6. The Bertz CT molecular complexity index is 1320. The quantitative estimate of drug-likeness (QED) is 0.401. The summed E-state index contributed by atoms with van der Waals surface area (Å²) in [5.41, 5.74) is 1.95. The van der Waals surface area contributed by atoms with Crippen molar-refractivity contribution in [3.8, 4) is 17.2 Å². The van der Waals surface area contributed by atoms with Gasteiger partial charge in [-0.05, 0) is 47.4 Å². The second-order valence-electron chi connectivity index (χ2n) is 8.67. The van der Waals surface area contributed by atoms with E-state index in [9.17, 15) is 9.59 Å². The SMILES string of the molecule is CC(C)(C)c1ccc(Oc2coc3cc(OCC(=O)Nc4ccccc4)ccc3c2=O)cc1. The van der Waals surface area contributed by atoms with Crippen LogP contribution < -0.4 is 20.2 Å². The van der Waals surface area contributed by atoms with Gasteiger partial charge in [-0.1, -0.05) is 51.1 Å². The zero-order chi connectivity index (χ0) is 23.4. The van der Waals surface area contributed by atoms with E-state index < -0.39 is 0 Å². The zero-order valence-corrected chi connectivity index (χ0v) is 18.8. The number of carbonyl (C=O) groups is 1. The lowest BCUT2D eigenvalue weighted by atomic mass is 9.87. The van der Waals surface area contributed by atoms with E-state index in [1.54, 1.807) is 30.3 Å². The normalized spacial score (nSPS) is 11.2. The summed E-state index contributed by atoms with van der Waals surface area (Å²) in [4.78, 5) is 24.9. The van der Waals surface area contributed by atoms with Crippen molar-refractivity contribution in [2.75, 3.05) is 11.9 Å². The fraction of sp³-hybridized carbons (Fsp3) is 0.185. The number of para-hydroxylation sites is 1. The molecule has 33 heavy (non-hydrogen) atoms. The van der Waals surface area contributed by atoms with Crippen molar-refractivity contribution < 1.29 is 18.7 Å². The lowest BCUT2D eigenvalue weighted by molar-refractivity contribution is -0.118. The van der Waals surface area contributed by atoms with E-state index >= 15 is 0 Å². The molecule has 0 atom stereocenters. The van der Waals surface area contributed by atoms with E-state index in [1.165, 1.54) is 11.8 Å². The fourth-order valence-electron chi connectivity index (χ4n) is 3.27. The summed E-state index contributed by atoms with van der Waals surface area (Å²) in [5.74, 6) is 0.783. The fourth-order valence-corrected chi connectivity index (χ4v) is 3.27. The maximum atomic E-state index is 12.8. The summed E-state index contributed by atoms with van der Waals surface area (Å²) < 4.78 is 16.9. The summed E-state index contributed by atoms with van der Waals surface area (Å²) in [5, 5.41) is 3.11. The first-order chi connectivity index (χ1) is 15.8. The predicted octanol–water partition coefficient (Wildman–Crippen LogP) is 5.90. The molecule has 4 aromatic rings. The number of carbonyl (C=O) groups excluding carboxylic acids is 1. The van der Waals surface area contributed by atoms with E-state index in [-0.39, 0.29) is 29.1 Å². The van der Waals surface area contributed by atoms with Crippen molar-refractivity contribution in [2.24, 2.45) is 0 Å². The zero-order valence-electron chi connectivity index (χ0n) is 18.8. The molecule has 6 heteroatoms. The number of ether oxygens (including phenoxy) is 2. The summed E-state index contributed by atoms with van der Waals surface area (Å²) in [7, 11) is 0. The molecule has 4 rings (SSSR count). The van der Waals surface area contributed by atoms with E-state index in [4.69, 9.17) is 13.9 Å². The van der Waals surface area contributed by atoms with Crippen molar-refractivity contribution >= 4 is 22.6 Å². The van der Waals surface area contributed by atoms with Crippen LogP contribution in [0.4, 0.5) is 5.69 Å². The van der Waals surface area contributed by atoms with E-state index in [2.05, 4.69) is 26.1 Å². The van der Waals surface area contributed by atoms with Crippen molar-refractivity contribution in [2.45, 2.75) is 26.2 Å². The average molecular weight is 443 g/mol. The Morgan fingerprint density at radius 3 is 2.33 bits per heavy atom. The van der Waals surface area contributed by atoms with Crippen LogP contribution in [0.25, 0.3) is 11.0 Å². The second kappa shape index (κ2) is 9.20. The Morgan fingerprint density at radius 1 is 0.939 bits per heavy atom. The molecule has 1 amide bonds. The van der Waals surface area contributed by atoms with Gasteiger partial charge in [-0.2, -0.15) is 0 Å². The molecule has 0 bridgehead atoms. The van der Waals surface area contributed by atoms with E-state index in [1.807, 2.05) is 42.5 Å². The predicted molar refractivity (Wildman–Crippen MR) is 128 cm³/mol. The van der Waals surface area contributed by atoms with Gasteiger partial charge in [-0.3, -0.25) is 9.59 Å². The number of fused-ring (bicyclic) bond motifs is 1. The van der Waals surface area contributed by atoms with Crippen LogP contribution in [0, 0.1) is 0 Å². The number of nitrogens with one attached hydrogen (secondary N) is 1. The van der Waals surface area contributed by atoms with E-state index in [0.29, 0.717) is 28.2 Å². The Labute approximate surface area is 191 Å². The molecule has 1 heterocycles. The Hall–Kier alpha value is -4.06. The third-order valence-electron chi connectivity index (χ3n) is 5.09. The standard InChI is InChI=1S/C27H25NO5/c1-27(2,3)18-9-11-20(12-10-18)33-24-16-32-23-15-21(13-14-22(23)26(24)30)31-17-25(29)28-19-7-5-4-6-8-19/h4-16H,17H2,1-3H3,(H,28,29). The number of amides is 1. The largest absolute Gasteiger partial charge is 0.484 e. The van der Waals surface area contributed by atoms with Gasteiger partial charge in [0.25, 0.3) is 5.91 Å². The minimum absolute atomic E-state index is 0.0303. The number of hydrogen-bond acceptors (Lipinski definition) is 5. The lowest BCUT2D eigenvalue weighted by Gasteiger charge is -2.19. The van der Waals surface area contributed by atoms with Crippen molar-refractivity contribution in [1.82, 2.24) is 0 Å². The van der Waals surface area contributed by atoms with Gasteiger partial charge in [0.15, 0.2) is 6.61 Å². The first-order valence-electron chi connectivity index (χ1n) is 10.6. The highest BCUT2D eigenvalue weighted by atomic mass is 16.5. The van der Waals surface area contributed by atoms with E-state index in [0.717, 1.165) is 0 Å². The first kappa shape index (κ1) is 22.1. The smallest absolute Gasteiger partial charge is 0.262 e. The molecule has 168 valence electrons. The van der Waals surface area contributed by atoms with Gasteiger partial charge in [-0.25, -0.2) is 0 Å². The van der Waals surface area contributed by atoms with Gasteiger partial charge in [0.05, 0.1) is 5.39 Å². The lowest BCUT2D eigenvalue weighted by Crippen LogP contribution is -2.20. The minimum Gasteiger partial charge on any atom is -0.484 e. The molecular weight excluding hydrogens is 418 g/mol. The maximum absolute atomic E-state index is 12.8. The monoisotopic (exact) mass is 443 g/mol. The van der Waals surface area contributed by atoms with Crippen LogP contribution in [-0.4, -0.2) is 12.5 Å². The number of anilines is 1. The average Bonchev–Trinajstić information content (AvgIpc) is 2.80. The third kappa shape index (κ3) is 5.41. The molecule has 0 radical (unpaired) electrons. The molecule has 0 aliphatic rings. The van der Waals surface area contributed by atoms with Gasteiger partial charge in [-0.15, -0.1) is 0 Å². The van der Waals surface area contributed by atoms with Crippen LogP contribution >= 0.6 is 0 Å². The minimum atomic E-state index is -0.288.